The third-order valence-corrected chi connectivity index (χ3v) is 1.94. The van der Waals surface area contributed by atoms with Gasteiger partial charge in [-0.2, -0.15) is 0 Å². The molecule has 2 nitrogen and oxygen atoms in total. The Morgan fingerprint density at radius 1 is 1.30 bits per heavy atom. The zero-order valence-electron chi connectivity index (χ0n) is 5.80. The van der Waals surface area contributed by atoms with Crippen LogP contribution >= 0.6 is 0 Å². The molecule has 2 heteroatoms. The molecule has 10 heavy (non-hydrogen) atoms. The molecule has 1 aromatic rings. The quantitative estimate of drug-likeness (QED) is 0.530. The number of fused-ring (bicyclic) bond motifs is 1. The van der Waals surface area contributed by atoms with Crippen LogP contribution in [0.1, 0.15) is 24.1 Å². The molecule has 0 saturated heterocycles. The number of nitrogens with zero attached hydrogens (tertiary/aromatic N) is 2. The molecular weight excluding hydrogens is 124 g/mol. The summed E-state index contributed by atoms with van der Waals surface area (Å²) in [6.07, 6.45) is 9.35. The van der Waals surface area contributed by atoms with Crippen molar-refractivity contribution in [1.82, 2.24) is 9.97 Å². The van der Waals surface area contributed by atoms with Crippen LogP contribution in [-0.4, -0.2) is 9.97 Å². The molecule has 2 rings (SSSR count). The average molecular weight is 133 g/mol. The fourth-order valence-corrected chi connectivity index (χ4v) is 1.38. The third-order valence-electron chi connectivity index (χ3n) is 1.94. The summed E-state index contributed by atoms with van der Waals surface area (Å²) < 4.78 is 0. The Labute approximate surface area is 60.3 Å². The molecule has 0 N–H and O–H groups in total. The molecule has 0 spiro atoms. The summed E-state index contributed by atoms with van der Waals surface area (Å²) in [7, 11) is 0. The Morgan fingerprint density at radius 2 is 2.20 bits per heavy atom. The van der Waals surface area contributed by atoms with E-state index >= 15 is 0 Å². The summed E-state index contributed by atoms with van der Waals surface area (Å²) in [4.78, 5) is 7.95. The minimum absolute atomic E-state index is 1.12. The standard InChI is InChI=1S/C8H9N2/c1-2-4-8-7(3-1)5-9-6-10-8/h5H,1-4H2. The van der Waals surface area contributed by atoms with Crippen molar-refractivity contribution < 1.29 is 0 Å². The van der Waals surface area contributed by atoms with Gasteiger partial charge < -0.3 is 0 Å². The largest absolute Gasteiger partial charge is 0.233 e. The zero-order valence-corrected chi connectivity index (χ0v) is 5.80. The summed E-state index contributed by atoms with van der Waals surface area (Å²) in [5.41, 5.74) is 2.53. The molecule has 0 unspecified atom stereocenters. The van der Waals surface area contributed by atoms with Crippen LogP contribution in [0.2, 0.25) is 0 Å². The fourth-order valence-electron chi connectivity index (χ4n) is 1.38. The summed E-state index contributed by atoms with van der Waals surface area (Å²) >= 11 is 0. The van der Waals surface area contributed by atoms with E-state index in [4.69, 9.17) is 0 Å². The van der Waals surface area contributed by atoms with Gasteiger partial charge in [0.25, 0.3) is 0 Å². The van der Waals surface area contributed by atoms with E-state index in [1.54, 1.807) is 0 Å². The van der Waals surface area contributed by atoms with Crippen LogP contribution in [0, 0.1) is 6.33 Å². The van der Waals surface area contributed by atoms with Crippen molar-refractivity contribution in [2.75, 3.05) is 0 Å². The Hall–Kier alpha value is -0.920. The molecule has 51 valence electrons. The van der Waals surface area contributed by atoms with Gasteiger partial charge in [0.1, 0.15) is 0 Å². The van der Waals surface area contributed by atoms with Crippen molar-refractivity contribution in [2.24, 2.45) is 0 Å². The van der Waals surface area contributed by atoms with E-state index in [2.05, 4.69) is 16.3 Å². The average Bonchev–Trinajstić information content (AvgIpc) is 2.05. The van der Waals surface area contributed by atoms with Crippen molar-refractivity contribution in [3.05, 3.63) is 23.8 Å². The number of rotatable bonds is 0. The van der Waals surface area contributed by atoms with Crippen LogP contribution in [0.25, 0.3) is 0 Å². The van der Waals surface area contributed by atoms with E-state index in [0.717, 1.165) is 12.8 Å². The van der Waals surface area contributed by atoms with Gasteiger partial charge in [0.05, 0.1) is 0 Å². The Kier molecular flexibility index (Phi) is 1.38. The first-order valence-electron chi connectivity index (χ1n) is 3.67. The van der Waals surface area contributed by atoms with E-state index in [9.17, 15) is 0 Å². The number of aryl methyl sites for hydroxylation is 2. The van der Waals surface area contributed by atoms with Crippen LogP contribution < -0.4 is 0 Å². The van der Waals surface area contributed by atoms with Gasteiger partial charge >= 0.3 is 0 Å². The highest BCUT2D eigenvalue weighted by atomic mass is 14.8. The molecule has 0 amide bonds. The van der Waals surface area contributed by atoms with E-state index in [-0.39, 0.29) is 0 Å². The predicted molar refractivity (Wildman–Crippen MR) is 37.5 cm³/mol. The van der Waals surface area contributed by atoms with Gasteiger partial charge in [-0.3, -0.25) is 0 Å². The fraction of sp³-hybridized carbons (Fsp3) is 0.500. The minimum Gasteiger partial charge on any atom is -0.233 e. The van der Waals surface area contributed by atoms with Crippen LogP contribution in [0.5, 0.6) is 0 Å². The SMILES string of the molecule is [c]1ncc2c(n1)CCCC2. The van der Waals surface area contributed by atoms with Crippen molar-refractivity contribution >= 4 is 0 Å². The first kappa shape index (κ1) is 5.83. The molecule has 0 saturated carbocycles. The molecule has 0 atom stereocenters. The van der Waals surface area contributed by atoms with Crippen molar-refractivity contribution in [2.45, 2.75) is 25.7 Å². The minimum atomic E-state index is 1.12. The van der Waals surface area contributed by atoms with Gasteiger partial charge in [-0.05, 0) is 31.2 Å². The monoisotopic (exact) mass is 133 g/mol. The Bertz CT molecular complexity index is 207. The van der Waals surface area contributed by atoms with E-state index in [0.29, 0.717) is 0 Å². The second-order valence-corrected chi connectivity index (χ2v) is 2.65. The van der Waals surface area contributed by atoms with Crippen molar-refractivity contribution in [1.29, 1.82) is 0 Å². The Morgan fingerprint density at radius 3 is 3.10 bits per heavy atom. The lowest BCUT2D eigenvalue weighted by molar-refractivity contribution is 0.661. The van der Waals surface area contributed by atoms with Crippen LogP contribution in [-0.2, 0) is 12.8 Å². The lowest BCUT2D eigenvalue weighted by Gasteiger charge is -2.11. The third kappa shape index (κ3) is 0.897. The van der Waals surface area contributed by atoms with Crippen LogP contribution in [0.3, 0.4) is 0 Å². The molecule has 0 fully saturated rings. The Balaban J connectivity index is 2.41. The summed E-state index contributed by atoms with van der Waals surface area (Å²) in [5, 5.41) is 0. The van der Waals surface area contributed by atoms with Crippen molar-refractivity contribution in [3.63, 3.8) is 0 Å². The van der Waals surface area contributed by atoms with Gasteiger partial charge in [0, 0.05) is 11.9 Å². The molecule has 0 aliphatic heterocycles. The summed E-state index contributed by atoms with van der Waals surface area (Å²) in [5.74, 6) is 0. The summed E-state index contributed by atoms with van der Waals surface area (Å²) in [6, 6.07) is 0. The number of hydrogen-bond donors (Lipinski definition) is 0. The topological polar surface area (TPSA) is 25.8 Å². The van der Waals surface area contributed by atoms with E-state index < -0.39 is 0 Å². The maximum absolute atomic E-state index is 4.08. The number of hydrogen-bond acceptors (Lipinski definition) is 2. The zero-order chi connectivity index (χ0) is 6.81. The highest BCUT2D eigenvalue weighted by Gasteiger charge is 2.08. The lowest BCUT2D eigenvalue weighted by atomic mass is 9.98. The molecule has 1 heterocycles. The number of aromatic nitrogens is 2. The summed E-state index contributed by atoms with van der Waals surface area (Å²) in [6.45, 7) is 0. The molecule has 1 aliphatic carbocycles. The highest BCUT2D eigenvalue weighted by molar-refractivity contribution is 5.17. The lowest BCUT2D eigenvalue weighted by Crippen LogP contribution is -2.05. The first-order chi connectivity index (χ1) is 4.97. The molecule has 1 radical (unpaired) electrons. The second kappa shape index (κ2) is 2.37. The van der Waals surface area contributed by atoms with Gasteiger partial charge in [-0.1, -0.05) is 0 Å². The van der Waals surface area contributed by atoms with Crippen LogP contribution in [0.15, 0.2) is 6.20 Å². The highest BCUT2D eigenvalue weighted by Crippen LogP contribution is 2.16. The first-order valence-corrected chi connectivity index (χ1v) is 3.67. The molecule has 0 aromatic carbocycles. The smallest absolute Gasteiger partial charge is 0.197 e. The maximum atomic E-state index is 4.08. The van der Waals surface area contributed by atoms with Gasteiger partial charge in [-0.15, -0.1) is 0 Å². The van der Waals surface area contributed by atoms with E-state index in [1.807, 2.05) is 6.20 Å². The van der Waals surface area contributed by atoms with Crippen molar-refractivity contribution in [3.8, 4) is 0 Å². The van der Waals surface area contributed by atoms with Crippen LogP contribution in [0.4, 0.5) is 0 Å². The molecule has 1 aromatic heterocycles. The normalized spacial score (nSPS) is 16.4. The van der Waals surface area contributed by atoms with Gasteiger partial charge in [-0.25, -0.2) is 9.97 Å². The predicted octanol–water partition coefficient (Wildman–Crippen LogP) is 1.16. The maximum Gasteiger partial charge on any atom is 0.197 e. The molecule has 1 aliphatic rings. The molecule has 0 bridgehead atoms. The van der Waals surface area contributed by atoms with E-state index in [1.165, 1.54) is 24.1 Å². The van der Waals surface area contributed by atoms with Gasteiger partial charge in [0.2, 0.25) is 0 Å². The molecular formula is C8H9N2. The second-order valence-electron chi connectivity index (χ2n) is 2.65. The van der Waals surface area contributed by atoms with Gasteiger partial charge in [0.15, 0.2) is 6.33 Å².